The summed E-state index contributed by atoms with van der Waals surface area (Å²) in [4.78, 5) is 25.6. The highest BCUT2D eigenvalue weighted by Crippen LogP contribution is 2.28. The van der Waals surface area contributed by atoms with E-state index in [1.165, 1.54) is 5.57 Å². The van der Waals surface area contributed by atoms with Gasteiger partial charge in [0.25, 0.3) is 0 Å². The van der Waals surface area contributed by atoms with Crippen LogP contribution in [0.3, 0.4) is 0 Å². The van der Waals surface area contributed by atoms with Gasteiger partial charge in [-0.05, 0) is 49.9 Å². The Labute approximate surface area is 127 Å². The van der Waals surface area contributed by atoms with E-state index >= 15 is 0 Å². The second-order valence-corrected chi connectivity index (χ2v) is 5.53. The molecule has 22 heavy (non-hydrogen) atoms. The molecule has 3 rings (SSSR count). The van der Waals surface area contributed by atoms with Crippen molar-refractivity contribution in [1.29, 1.82) is 0 Å². The molecule has 0 atom stereocenters. The minimum Gasteiger partial charge on any atom is -0.326 e. The largest absolute Gasteiger partial charge is 0.439 e. The van der Waals surface area contributed by atoms with Crippen LogP contribution in [0.25, 0.3) is 11.4 Å². The van der Waals surface area contributed by atoms with Crippen LogP contribution in [-0.4, -0.2) is 16.0 Å². The van der Waals surface area contributed by atoms with Gasteiger partial charge in [-0.2, -0.15) is 0 Å². The lowest BCUT2D eigenvalue weighted by atomic mass is 9.86. The molecular formula is C16H17N3O3. The van der Waals surface area contributed by atoms with Crippen LogP contribution in [0.2, 0.25) is 0 Å². The summed E-state index contributed by atoms with van der Waals surface area (Å²) in [6.07, 6.45) is 3.58. The predicted octanol–water partition coefficient (Wildman–Crippen LogP) is 2.71. The van der Waals surface area contributed by atoms with Gasteiger partial charge in [-0.25, -0.2) is 4.79 Å². The molecule has 1 aliphatic rings. The Balaban J connectivity index is 1.64. The maximum Gasteiger partial charge on any atom is 0.439 e. The molecule has 1 aliphatic carbocycles. The van der Waals surface area contributed by atoms with Crippen molar-refractivity contribution in [3.05, 3.63) is 47.0 Å². The van der Waals surface area contributed by atoms with Crippen LogP contribution in [0.15, 0.2) is 45.7 Å². The minimum atomic E-state index is -0.591. The SMILES string of the molecule is C=C1CCC(C(=O)Nc2ccc(-c3noc(=O)[nH]3)cc2)CC1. The number of nitrogens with zero attached hydrogens (tertiary/aromatic N) is 1. The van der Waals surface area contributed by atoms with Crippen LogP contribution in [0.5, 0.6) is 0 Å². The van der Waals surface area contributed by atoms with E-state index in [1.807, 2.05) is 0 Å². The fraction of sp³-hybridized carbons (Fsp3) is 0.312. The number of carbonyl (C=O) groups excluding carboxylic acids is 1. The van der Waals surface area contributed by atoms with Crippen LogP contribution >= 0.6 is 0 Å². The zero-order valence-electron chi connectivity index (χ0n) is 12.1. The van der Waals surface area contributed by atoms with Crippen molar-refractivity contribution >= 4 is 11.6 Å². The van der Waals surface area contributed by atoms with Gasteiger partial charge in [0.1, 0.15) is 0 Å². The highest BCUT2D eigenvalue weighted by molar-refractivity contribution is 5.92. The number of amides is 1. The fourth-order valence-electron chi connectivity index (χ4n) is 2.60. The van der Waals surface area contributed by atoms with Crippen LogP contribution in [-0.2, 0) is 4.79 Å². The van der Waals surface area contributed by atoms with Gasteiger partial charge >= 0.3 is 5.76 Å². The maximum atomic E-state index is 12.2. The van der Waals surface area contributed by atoms with E-state index in [4.69, 9.17) is 0 Å². The molecule has 0 radical (unpaired) electrons. The third kappa shape index (κ3) is 3.16. The quantitative estimate of drug-likeness (QED) is 0.853. The number of H-pyrrole nitrogens is 1. The first-order valence-corrected chi connectivity index (χ1v) is 7.26. The first-order valence-electron chi connectivity index (χ1n) is 7.26. The number of hydrogen-bond acceptors (Lipinski definition) is 4. The van der Waals surface area contributed by atoms with Crippen LogP contribution in [0.4, 0.5) is 5.69 Å². The molecule has 1 amide bonds. The van der Waals surface area contributed by atoms with Crippen molar-refractivity contribution in [1.82, 2.24) is 10.1 Å². The summed E-state index contributed by atoms with van der Waals surface area (Å²) in [7, 11) is 0. The molecule has 114 valence electrons. The summed E-state index contributed by atoms with van der Waals surface area (Å²) >= 11 is 0. The molecule has 1 fully saturated rings. The number of anilines is 1. The number of rotatable bonds is 3. The van der Waals surface area contributed by atoms with Gasteiger partial charge in [0.05, 0.1) is 0 Å². The third-order valence-electron chi connectivity index (χ3n) is 3.93. The summed E-state index contributed by atoms with van der Waals surface area (Å²) in [6, 6.07) is 7.10. The molecule has 0 aliphatic heterocycles. The predicted molar refractivity (Wildman–Crippen MR) is 82.3 cm³/mol. The molecule has 1 heterocycles. The maximum absolute atomic E-state index is 12.2. The molecular weight excluding hydrogens is 282 g/mol. The minimum absolute atomic E-state index is 0.0510. The van der Waals surface area contributed by atoms with E-state index in [0.717, 1.165) is 36.9 Å². The summed E-state index contributed by atoms with van der Waals surface area (Å²) in [5, 5.41) is 6.54. The Morgan fingerprint density at radius 3 is 2.55 bits per heavy atom. The molecule has 0 unspecified atom stereocenters. The van der Waals surface area contributed by atoms with E-state index < -0.39 is 5.76 Å². The molecule has 0 saturated heterocycles. The van der Waals surface area contributed by atoms with Crippen LogP contribution in [0, 0.1) is 5.92 Å². The van der Waals surface area contributed by atoms with Gasteiger partial charge in [-0.1, -0.05) is 17.3 Å². The van der Waals surface area contributed by atoms with Crippen molar-refractivity contribution in [2.75, 3.05) is 5.32 Å². The van der Waals surface area contributed by atoms with Gasteiger partial charge in [-0.3, -0.25) is 14.3 Å². The smallest absolute Gasteiger partial charge is 0.326 e. The fourth-order valence-corrected chi connectivity index (χ4v) is 2.60. The van der Waals surface area contributed by atoms with Gasteiger partial charge < -0.3 is 5.32 Å². The Morgan fingerprint density at radius 1 is 1.27 bits per heavy atom. The molecule has 0 bridgehead atoms. The van der Waals surface area contributed by atoms with Crippen molar-refractivity contribution in [3.63, 3.8) is 0 Å². The summed E-state index contributed by atoms with van der Waals surface area (Å²) in [5.41, 5.74) is 2.68. The van der Waals surface area contributed by atoms with Crippen LogP contribution < -0.4 is 11.1 Å². The second kappa shape index (κ2) is 6.01. The van der Waals surface area contributed by atoms with Crippen molar-refractivity contribution in [3.8, 4) is 11.4 Å². The molecule has 6 heteroatoms. The number of aromatic nitrogens is 2. The van der Waals surface area contributed by atoms with Gasteiger partial charge in [-0.15, -0.1) is 0 Å². The average molecular weight is 299 g/mol. The molecule has 1 aromatic heterocycles. The number of nitrogens with one attached hydrogen (secondary N) is 2. The lowest BCUT2D eigenvalue weighted by Gasteiger charge is -2.22. The number of carbonyl (C=O) groups is 1. The van der Waals surface area contributed by atoms with Gasteiger partial charge in [0.15, 0.2) is 5.82 Å². The van der Waals surface area contributed by atoms with E-state index in [-0.39, 0.29) is 11.8 Å². The highest BCUT2D eigenvalue weighted by Gasteiger charge is 2.22. The van der Waals surface area contributed by atoms with Gasteiger partial charge in [0.2, 0.25) is 5.91 Å². The molecule has 6 nitrogen and oxygen atoms in total. The summed E-state index contributed by atoms with van der Waals surface area (Å²) in [6.45, 7) is 3.96. The first kappa shape index (κ1) is 14.3. The Hall–Kier alpha value is -2.63. The summed E-state index contributed by atoms with van der Waals surface area (Å²) < 4.78 is 4.46. The van der Waals surface area contributed by atoms with Crippen molar-refractivity contribution in [2.45, 2.75) is 25.7 Å². The monoisotopic (exact) mass is 299 g/mol. The van der Waals surface area contributed by atoms with E-state index in [0.29, 0.717) is 5.82 Å². The van der Waals surface area contributed by atoms with E-state index in [9.17, 15) is 9.59 Å². The van der Waals surface area contributed by atoms with Gasteiger partial charge in [0, 0.05) is 17.2 Å². The van der Waals surface area contributed by atoms with Crippen molar-refractivity contribution in [2.24, 2.45) is 5.92 Å². The zero-order valence-corrected chi connectivity index (χ0v) is 12.1. The third-order valence-corrected chi connectivity index (χ3v) is 3.93. The number of aromatic amines is 1. The Bertz CT molecular complexity index is 732. The van der Waals surface area contributed by atoms with E-state index in [1.54, 1.807) is 24.3 Å². The number of hydrogen-bond donors (Lipinski definition) is 2. The highest BCUT2D eigenvalue weighted by atomic mass is 16.5. The lowest BCUT2D eigenvalue weighted by Crippen LogP contribution is -2.25. The number of allylic oxidation sites excluding steroid dienone is 1. The summed E-state index contributed by atoms with van der Waals surface area (Å²) in [5.74, 6) is -0.118. The average Bonchev–Trinajstić information content (AvgIpc) is 2.95. The van der Waals surface area contributed by atoms with Crippen LogP contribution in [0.1, 0.15) is 25.7 Å². The zero-order chi connectivity index (χ0) is 15.5. The number of benzene rings is 1. The molecule has 0 spiro atoms. The molecule has 1 saturated carbocycles. The normalized spacial score (nSPS) is 15.7. The molecule has 1 aromatic carbocycles. The molecule has 2 N–H and O–H groups in total. The van der Waals surface area contributed by atoms with Crippen molar-refractivity contribution < 1.29 is 9.32 Å². The second-order valence-electron chi connectivity index (χ2n) is 5.53. The molecule has 2 aromatic rings. The van der Waals surface area contributed by atoms with E-state index in [2.05, 4.69) is 26.6 Å². The lowest BCUT2D eigenvalue weighted by molar-refractivity contribution is -0.120. The Morgan fingerprint density at radius 2 is 1.95 bits per heavy atom. The Kier molecular flexibility index (Phi) is 3.91. The topological polar surface area (TPSA) is 88.0 Å². The first-order chi connectivity index (χ1) is 10.6. The standard InChI is InChI=1S/C16H17N3O3/c1-10-2-4-12(5-3-10)15(20)17-13-8-6-11(7-9-13)14-18-16(21)22-19-14/h6-9,12H,1-5H2,(H,17,20)(H,18,19,21).